The van der Waals surface area contributed by atoms with E-state index in [1.54, 1.807) is 18.5 Å². The summed E-state index contributed by atoms with van der Waals surface area (Å²) in [4.78, 5) is 8.27. The van der Waals surface area contributed by atoms with Crippen molar-refractivity contribution in [1.82, 2.24) is 9.97 Å². The van der Waals surface area contributed by atoms with E-state index in [4.69, 9.17) is 0 Å². The van der Waals surface area contributed by atoms with Crippen LogP contribution in [0.5, 0.6) is 5.75 Å². The maximum atomic E-state index is 9.82. The molecule has 4 rings (SSSR count). The zero-order valence-corrected chi connectivity index (χ0v) is 18.3. The van der Waals surface area contributed by atoms with Gasteiger partial charge in [0.2, 0.25) is 0 Å². The molecule has 1 fully saturated rings. The minimum atomic E-state index is 0.264. The molecule has 3 nitrogen and oxygen atoms in total. The summed E-state index contributed by atoms with van der Waals surface area (Å²) < 4.78 is 0. The summed E-state index contributed by atoms with van der Waals surface area (Å²) >= 11 is 0. The summed E-state index contributed by atoms with van der Waals surface area (Å²) in [5, 5.41) is 9.82. The third-order valence-corrected chi connectivity index (χ3v) is 5.92. The highest BCUT2D eigenvalue weighted by Crippen LogP contribution is 2.50. The Morgan fingerprint density at radius 1 is 0.733 bits per heavy atom. The normalized spacial score (nSPS) is 17.5. The lowest BCUT2D eigenvalue weighted by atomic mass is 9.62. The number of aromatic nitrogens is 2. The number of aromatic hydroxyl groups is 1. The van der Waals surface area contributed by atoms with Gasteiger partial charge in [-0.05, 0) is 64.5 Å². The van der Waals surface area contributed by atoms with Gasteiger partial charge in [-0.25, -0.2) is 9.97 Å². The molecule has 2 aromatic carbocycles. The van der Waals surface area contributed by atoms with Crippen LogP contribution in [0.15, 0.2) is 72.8 Å². The quantitative estimate of drug-likeness (QED) is 0.522. The van der Waals surface area contributed by atoms with E-state index in [1.165, 1.54) is 23.1 Å². The van der Waals surface area contributed by atoms with Gasteiger partial charge in [0.1, 0.15) is 12.1 Å². The van der Waals surface area contributed by atoms with Gasteiger partial charge in [-0.3, -0.25) is 0 Å². The Bertz CT molecular complexity index is 1030. The molecule has 1 aromatic heterocycles. The monoisotopic (exact) mass is 398 g/mol. The lowest BCUT2D eigenvalue weighted by Crippen LogP contribution is -2.30. The van der Waals surface area contributed by atoms with Gasteiger partial charge in [-0.1, -0.05) is 69.7 Å². The first kappa shape index (κ1) is 20.3. The minimum absolute atomic E-state index is 0.264. The Morgan fingerprint density at radius 2 is 1.23 bits per heavy atom. The van der Waals surface area contributed by atoms with Crippen LogP contribution in [0.3, 0.4) is 0 Å². The predicted molar refractivity (Wildman–Crippen MR) is 123 cm³/mol. The van der Waals surface area contributed by atoms with Gasteiger partial charge in [0.25, 0.3) is 0 Å². The molecule has 0 aliphatic heterocycles. The fraction of sp³-hybridized carbons (Fsp3) is 0.333. The highest BCUT2D eigenvalue weighted by atomic mass is 16.3. The molecule has 0 radical (unpaired) electrons. The Kier molecular flexibility index (Phi) is 5.23. The molecule has 3 aromatic rings. The van der Waals surface area contributed by atoms with E-state index in [9.17, 15) is 5.11 Å². The summed E-state index contributed by atoms with van der Waals surface area (Å²) in [5.41, 5.74) is 7.82. The lowest BCUT2D eigenvalue weighted by molar-refractivity contribution is 0.154. The number of hydrogen-bond donors (Lipinski definition) is 1. The fourth-order valence-corrected chi connectivity index (χ4v) is 5.30. The molecule has 0 spiro atoms. The van der Waals surface area contributed by atoms with Gasteiger partial charge in [-0.15, -0.1) is 0 Å². The van der Waals surface area contributed by atoms with Gasteiger partial charge < -0.3 is 5.11 Å². The number of rotatable bonds is 3. The van der Waals surface area contributed by atoms with E-state index < -0.39 is 0 Å². The fourth-order valence-electron chi connectivity index (χ4n) is 5.30. The van der Waals surface area contributed by atoms with E-state index >= 15 is 0 Å². The smallest absolute Gasteiger partial charge is 0.115 e. The highest BCUT2D eigenvalue weighted by molar-refractivity contribution is 5.83. The van der Waals surface area contributed by atoms with Crippen molar-refractivity contribution in [2.45, 2.75) is 47.0 Å². The first-order valence-corrected chi connectivity index (χ1v) is 10.6. The van der Waals surface area contributed by atoms with Crippen LogP contribution < -0.4 is 0 Å². The second-order valence-electron chi connectivity index (χ2n) is 10.1. The standard InChI is InChI=1S/C27H30N2O/c1-26(2)13-22(14-27(3,4)17-26)25(21-9-11-24(30)12-10-21)20-7-5-19(6-8-20)23-15-28-18-29-16-23/h5-12,15-16,18,30H,13-14,17H2,1-4H3. The summed E-state index contributed by atoms with van der Waals surface area (Å²) in [6, 6.07) is 16.3. The van der Waals surface area contributed by atoms with E-state index in [1.807, 2.05) is 24.5 Å². The highest BCUT2D eigenvalue weighted by Gasteiger charge is 2.37. The van der Waals surface area contributed by atoms with Gasteiger partial charge in [0.05, 0.1) is 0 Å². The van der Waals surface area contributed by atoms with Gasteiger partial charge in [0.15, 0.2) is 0 Å². The summed E-state index contributed by atoms with van der Waals surface area (Å²) in [6.07, 6.45) is 8.62. The van der Waals surface area contributed by atoms with E-state index in [2.05, 4.69) is 61.9 Å². The van der Waals surface area contributed by atoms with Crippen molar-refractivity contribution in [2.75, 3.05) is 0 Å². The SMILES string of the molecule is CC1(C)CC(=C(c2ccc(O)cc2)c2ccc(-c3cncnc3)cc2)CC(C)(C)C1. The number of nitrogens with zero attached hydrogens (tertiary/aromatic N) is 2. The molecule has 0 saturated heterocycles. The molecule has 0 atom stereocenters. The van der Waals surface area contributed by atoms with Crippen molar-refractivity contribution >= 4 is 5.57 Å². The van der Waals surface area contributed by atoms with Crippen molar-refractivity contribution in [3.63, 3.8) is 0 Å². The first-order valence-electron chi connectivity index (χ1n) is 10.6. The maximum absolute atomic E-state index is 9.82. The lowest BCUT2D eigenvalue weighted by Gasteiger charge is -2.43. The van der Waals surface area contributed by atoms with Crippen LogP contribution >= 0.6 is 0 Å². The van der Waals surface area contributed by atoms with Crippen LogP contribution in [-0.2, 0) is 0 Å². The summed E-state index contributed by atoms with van der Waals surface area (Å²) in [7, 11) is 0. The van der Waals surface area contributed by atoms with E-state index in [0.717, 1.165) is 29.5 Å². The molecule has 154 valence electrons. The van der Waals surface area contributed by atoms with E-state index in [0.29, 0.717) is 5.75 Å². The average molecular weight is 399 g/mol. The first-order chi connectivity index (χ1) is 14.2. The Labute approximate surface area is 179 Å². The molecule has 0 amide bonds. The molecule has 1 heterocycles. The third kappa shape index (κ3) is 4.46. The van der Waals surface area contributed by atoms with Crippen LogP contribution in [0.25, 0.3) is 16.7 Å². The molecule has 1 saturated carbocycles. The molecular weight excluding hydrogens is 368 g/mol. The second-order valence-corrected chi connectivity index (χ2v) is 10.1. The predicted octanol–water partition coefficient (Wildman–Crippen LogP) is 6.89. The number of phenolic OH excluding ortho intramolecular Hbond substituents is 1. The minimum Gasteiger partial charge on any atom is -0.508 e. The molecular formula is C27H30N2O. The van der Waals surface area contributed by atoms with Gasteiger partial charge >= 0.3 is 0 Å². The zero-order chi connectivity index (χ0) is 21.4. The largest absolute Gasteiger partial charge is 0.508 e. The Hall–Kier alpha value is -2.94. The van der Waals surface area contributed by atoms with Crippen molar-refractivity contribution in [2.24, 2.45) is 10.8 Å². The van der Waals surface area contributed by atoms with Crippen molar-refractivity contribution in [3.05, 3.63) is 84.0 Å². The Balaban J connectivity index is 1.83. The van der Waals surface area contributed by atoms with Crippen molar-refractivity contribution < 1.29 is 5.11 Å². The molecule has 1 aliphatic carbocycles. The molecule has 30 heavy (non-hydrogen) atoms. The molecule has 1 aliphatic rings. The van der Waals surface area contributed by atoms with Crippen molar-refractivity contribution in [1.29, 1.82) is 0 Å². The number of allylic oxidation sites excluding steroid dienone is 1. The average Bonchev–Trinajstić information content (AvgIpc) is 2.69. The molecule has 0 unspecified atom stereocenters. The molecule has 0 bridgehead atoms. The topological polar surface area (TPSA) is 46.0 Å². The van der Waals surface area contributed by atoms with Crippen LogP contribution in [0.2, 0.25) is 0 Å². The van der Waals surface area contributed by atoms with Gasteiger partial charge in [0, 0.05) is 18.0 Å². The van der Waals surface area contributed by atoms with Crippen LogP contribution in [0.1, 0.15) is 58.1 Å². The number of phenols is 1. The Morgan fingerprint density at radius 3 is 1.77 bits per heavy atom. The van der Waals surface area contributed by atoms with Crippen molar-refractivity contribution in [3.8, 4) is 16.9 Å². The third-order valence-electron chi connectivity index (χ3n) is 5.92. The number of benzene rings is 2. The molecule has 3 heteroatoms. The zero-order valence-electron chi connectivity index (χ0n) is 18.3. The van der Waals surface area contributed by atoms with Gasteiger partial charge in [-0.2, -0.15) is 0 Å². The number of hydrogen-bond acceptors (Lipinski definition) is 3. The summed E-state index contributed by atoms with van der Waals surface area (Å²) in [6.45, 7) is 9.50. The summed E-state index contributed by atoms with van der Waals surface area (Å²) in [5.74, 6) is 0.298. The van der Waals surface area contributed by atoms with Crippen LogP contribution in [-0.4, -0.2) is 15.1 Å². The molecule has 1 N–H and O–H groups in total. The van der Waals surface area contributed by atoms with Crippen LogP contribution in [0.4, 0.5) is 0 Å². The van der Waals surface area contributed by atoms with Crippen LogP contribution in [0, 0.1) is 10.8 Å². The van der Waals surface area contributed by atoms with E-state index in [-0.39, 0.29) is 10.8 Å². The maximum Gasteiger partial charge on any atom is 0.115 e. The second kappa shape index (κ2) is 7.71.